The van der Waals surface area contributed by atoms with Crippen molar-refractivity contribution in [2.24, 2.45) is 5.73 Å². The lowest BCUT2D eigenvalue weighted by molar-refractivity contribution is -0.122. The molecule has 1 aromatic rings. The Hall–Kier alpha value is -1.39. The maximum Gasteiger partial charge on any atom is 0.228 e. The second-order valence-corrected chi connectivity index (χ2v) is 5.77. The van der Waals surface area contributed by atoms with Crippen LogP contribution in [-0.4, -0.2) is 43.5 Å². The van der Waals surface area contributed by atoms with Crippen LogP contribution in [0.3, 0.4) is 0 Å². The number of unbranched alkanes of at least 4 members (excludes halogenated alkanes) is 1. The highest BCUT2D eigenvalue weighted by Gasteiger charge is 2.17. The van der Waals surface area contributed by atoms with Crippen molar-refractivity contribution in [2.45, 2.75) is 38.6 Å². The summed E-state index contributed by atoms with van der Waals surface area (Å²) in [7, 11) is 2.13. The van der Waals surface area contributed by atoms with Gasteiger partial charge in [0, 0.05) is 19.1 Å². The van der Waals surface area contributed by atoms with E-state index in [0.717, 1.165) is 24.9 Å². The predicted octanol–water partition coefficient (Wildman–Crippen LogP) is 1.97. The smallest absolute Gasteiger partial charge is 0.228 e. The van der Waals surface area contributed by atoms with Gasteiger partial charge in [-0.1, -0.05) is 30.3 Å². The van der Waals surface area contributed by atoms with Gasteiger partial charge in [0.25, 0.3) is 0 Å². The Kier molecular flexibility index (Phi) is 8.01. The van der Waals surface area contributed by atoms with Crippen LogP contribution in [0.2, 0.25) is 0 Å². The molecule has 0 saturated heterocycles. The SMILES string of the molecule is CC(C)N(C)CCCCNC(=O)C(CN)c1ccccc1. The maximum atomic E-state index is 12.2. The van der Waals surface area contributed by atoms with Gasteiger partial charge in [0.1, 0.15) is 0 Å². The zero-order valence-electron chi connectivity index (χ0n) is 13.5. The second-order valence-electron chi connectivity index (χ2n) is 5.77. The van der Waals surface area contributed by atoms with Crippen LogP contribution >= 0.6 is 0 Å². The van der Waals surface area contributed by atoms with Gasteiger partial charge in [-0.2, -0.15) is 0 Å². The molecule has 1 rings (SSSR count). The Labute approximate surface area is 128 Å². The molecule has 0 aliphatic carbocycles. The average molecular weight is 291 g/mol. The van der Waals surface area contributed by atoms with Gasteiger partial charge in [0.15, 0.2) is 0 Å². The summed E-state index contributed by atoms with van der Waals surface area (Å²) in [5, 5.41) is 3.00. The number of carbonyl (C=O) groups is 1. The monoisotopic (exact) mass is 291 g/mol. The van der Waals surface area contributed by atoms with E-state index in [9.17, 15) is 4.79 Å². The highest BCUT2D eigenvalue weighted by molar-refractivity contribution is 5.83. The number of nitrogens with zero attached hydrogens (tertiary/aromatic N) is 1. The Morgan fingerprint density at radius 1 is 1.24 bits per heavy atom. The Bertz CT molecular complexity index is 406. The number of nitrogens with two attached hydrogens (primary N) is 1. The van der Waals surface area contributed by atoms with Crippen LogP contribution in [0.4, 0.5) is 0 Å². The minimum atomic E-state index is -0.246. The molecule has 1 atom stereocenters. The molecule has 0 aliphatic rings. The number of hydrogen-bond acceptors (Lipinski definition) is 3. The minimum absolute atomic E-state index is 0.0286. The predicted molar refractivity (Wildman–Crippen MR) is 88.2 cm³/mol. The topological polar surface area (TPSA) is 58.4 Å². The number of amides is 1. The fourth-order valence-corrected chi connectivity index (χ4v) is 2.16. The molecular formula is C17H29N3O. The largest absolute Gasteiger partial charge is 0.356 e. The molecule has 21 heavy (non-hydrogen) atoms. The van der Waals surface area contributed by atoms with Gasteiger partial charge in [0.2, 0.25) is 5.91 Å². The molecule has 0 spiro atoms. The van der Waals surface area contributed by atoms with Crippen LogP contribution in [-0.2, 0) is 4.79 Å². The van der Waals surface area contributed by atoms with Gasteiger partial charge >= 0.3 is 0 Å². The fraction of sp³-hybridized carbons (Fsp3) is 0.588. The molecule has 0 aliphatic heterocycles. The van der Waals surface area contributed by atoms with Crippen molar-refractivity contribution in [1.82, 2.24) is 10.2 Å². The summed E-state index contributed by atoms with van der Waals surface area (Å²) in [6, 6.07) is 10.3. The molecule has 0 saturated carbocycles. The summed E-state index contributed by atoms with van der Waals surface area (Å²) in [6.45, 7) is 6.49. The molecule has 0 aromatic heterocycles. The quantitative estimate of drug-likeness (QED) is 0.684. The molecule has 0 heterocycles. The van der Waals surface area contributed by atoms with E-state index >= 15 is 0 Å². The van der Waals surface area contributed by atoms with Crippen molar-refractivity contribution in [1.29, 1.82) is 0 Å². The van der Waals surface area contributed by atoms with Gasteiger partial charge in [-0.3, -0.25) is 4.79 Å². The average Bonchev–Trinajstić information content (AvgIpc) is 2.48. The third-order valence-electron chi connectivity index (χ3n) is 3.87. The fourth-order valence-electron chi connectivity index (χ4n) is 2.16. The first-order valence-electron chi connectivity index (χ1n) is 7.79. The summed E-state index contributed by atoms with van der Waals surface area (Å²) in [4.78, 5) is 14.5. The summed E-state index contributed by atoms with van der Waals surface area (Å²) in [5.41, 5.74) is 6.72. The first-order valence-corrected chi connectivity index (χ1v) is 7.79. The van der Waals surface area contributed by atoms with Crippen LogP contribution in [0.5, 0.6) is 0 Å². The summed E-state index contributed by atoms with van der Waals surface area (Å²) in [6.07, 6.45) is 2.09. The van der Waals surface area contributed by atoms with E-state index in [1.165, 1.54) is 0 Å². The molecule has 0 radical (unpaired) electrons. The van der Waals surface area contributed by atoms with E-state index in [4.69, 9.17) is 5.73 Å². The zero-order valence-corrected chi connectivity index (χ0v) is 13.5. The van der Waals surface area contributed by atoms with Gasteiger partial charge in [-0.25, -0.2) is 0 Å². The number of hydrogen-bond donors (Lipinski definition) is 2. The summed E-state index contributed by atoms with van der Waals surface area (Å²) >= 11 is 0. The van der Waals surface area contributed by atoms with Crippen LogP contribution in [0.15, 0.2) is 30.3 Å². The van der Waals surface area contributed by atoms with E-state index < -0.39 is 0 Å². The van der Waals surface area contributed by atoms with Gasteiger partial charge in [-0.15, -0.1) is 0 Å². The normalized spacial score (nSPS) is 12.7. The number of benzene rings is 1. The molecule has 1 aromatic carbocycles. The Balaban J connectivity index is 2.29. The molecule has 4 heteroatoms. The molecular weight excluding hydrogens is 262 g/mol. The summed E-state index contributed by atoms with van der Waals surface area (Å²) < 4.78 is 0. The van der Waals surface area contributed by atoms with Crippen molar-refractivity contribution < 1.29 is 4.79 Å². The lowest BCUT2D eigenvalue weighted by atomic mass is 9.98. The van der Waals surface area contributed by atoms with Crippen LogP contribution in [0, 0.1) is 0 Å². The van der Waals surface area contributed by atoms with Crippen LogP contribution in [0.25, 0.3) is 0 Å². The number of nitrogens with one attached hydrogen (secondary N) is 1. The van der Waals surface area contributed by atoms with Crippen molar-refractivity contribution >= 4 is 5.91 Å². The first-order chi connectivity index (χ1) is 10.1. The third kappa shape index (κ3) is 6.27. The molecule has 118 valence electrons. The minimum Gasteiger partial charge on any atom is -0.356 e. The Morgan fingerprint density at radius 2 is 1.90 bits per heavy atom. The van der Waals surface area contributed by atoms with E-state index in [1.807, 2.05) is 30.3 Å². The molecule has 0 bridgehead atoms. The van der Waals surface area contributed by atoms with E-state index in [2.05, 4.69) is 31.1 Å². The van der Waals surface area contributed by atoms with E-state index in [1.54, 1.807) is 0 Å². The molecule has 1 amide bonds. The first kappa shape index (κ1) is 17.7. The molecule has 4 nitrogen and oxygen atoms in total. The number of carbonyl (C=O) groups excluding carboxylic acids is 1. The Morgan fingerprint density at radius 3 is 2.48 bits per heavy atom. The highest BCUT2D eigenvalue weighted by Crippen LogP contribution is 2.14. The van der Waals surface area contributed by atoms with E-state index in [0.29, 0.717) is 19.1 Å². The van der Waals surface area contributed by atoms with Gasteiger partial charge < -0.3 is 16.0 Å². The molecule has 3 N–H and O–H groups in total. The summed E-state index contributed by atoms with van der Waals surface area (Å²) in [5.74, 6) is -0.217. The third-order valence-corrected chi connectivity index (χ3v) is 3.87. The second kappa shape index (κ2) is 9.53. The lowest BCUT2D eigenvalue weighted by Crippen LogP contribution is -2.34. The van der Waals surface area contributed by atoms with Gasteiger partial charge in [0.05, 0.1) is 5.92 Å². The number of rotatable bonds is 9. The zero-order chi connectivity index (χ0) is 15.7. The van der Waals surface area contributed by atoms with E-state index in [-0.39, 0.29) is 11.8 Å². The molecule has 1 unspecified atom stereocenters. The van der Waals surface area contributed by atoms with Crippen molar-refractivity contribution in [3.8, 4) is 0 Å². The van der Waals surface area contributed by atoms with Crippen LogP contribution in [0.1, 0.15) is 38.2 Å². The van der Waals surface area contributed by atoms with Crippen LogP contribution < -0.4 is 11.1 Å². The maximum absolute atomic E-state index is 12.2. The van der Waals surface area contributed by atoms with Crippen molar-refractivity contribution in [3.63, 3.8) is 0 Å². The van der Waals surface area contributed by atoms with Gasteiger partial charge in [-0.05, 0) is 45.8 Å². The lowest BCUT2D eigenvalue weighted by Gasteiger charge is -2.21. The van der Waals surface area contributed by atoms with Crippen molar-refractivity contribution in [3.05, 3.63) is 35.9 Å². The standard InChI is InChI=1S/C17H29N3O/c1-14(2)20(3)12-8-7-11-19-17(21)16(13-18)15-9-5-4-6-10-15/h4-6,9-10,14,16H,7-8,11-13,18H2,1-3H3,(H,19,21). The molecule has 0 fully saturated rings. The van der Waals surface area contributed by atoms with Crippen molar-refractivity contribution in [2.75, 3.05) is 26.7 Å². The highest BCUT2D eigenvalue weighted by atomic mass is 16.1.